The van der Waals surface area contributed by atoms with Crippen LogP contribution in [0.25, 0.3) is 0 Å². The summed E-state index contributed by atoms with van der Waals surface area (Å²) in [4.78, 5) is 4.30. The fourth-order valence-electron chi connectivity index (χ4n) is 1.82. The predicted molar refractivity (Wildman–Crippen MR) is 62.1 cm³/mol. The van der Waals surface area contributed by atoms with E-state index in [1.807, 2.05) is 5.51 Å². The maximum Gasteiger partial charge on any atom is 0.0795 e. The summed E-state index contributed by atoms with van der Waals surface area (Å²) in [5.74, 6) is 0. The van der Waals surface area contributed by atoms with Crippen LogP contribution < -0.4 is 5.32 Å². The number of hydrogen-bond acceptors (Lipinski definition) is 4. The van der Waals surface area contributed by atoms with Crippen LogP contribution in [0.5, 0.6) is 0 Å². The fraction of sp³-hybridized carbons (Fsp3) is 0.727. The summed E-state index contributed by atoms with van der Waals surface area (Å²) in [6.45, 7) is 4.02. The topological polar surface area (TPSA) is 34.1 Å². The lowest BCUT2D eigenvalue weighted by molar-refractivity contribution is 0.0156. The van der Waals surface area contributed by atoms with E-state index in [2.05, 4.69) is 22.6 Å². The van der Waals surface area contributed by atoms with Crippen LogP contribution in [-0.2, 0) is 4.74 Å². The number of nitrogens with one attached hydrogen (secondary N) is 1. The normalized spacial score (nSPS) is 23.9. The number of aromatic nitrogens is 1. The van der Waals surface area contributed by atoms with Gasteiger partial charge in [0, 0.05) is 24.6 Å². The number of nitrogens with zero attached hydrogens (tertiary/aromatic N) is 1. The number of rotatable bonds is 4. The first-order chi connectivity index (χ1) is 7.36. The summed E-state index contributed by atoms with van der Waals surface area (Å²) in [6.07, 6.45) is 4.12. The molecular weight excluding hydrogens is 208 g/mol. The molecule has 2 heterocycles. The van der Waals surface area contributed by atoms with Crippen LogP contribution >= 0.6 is 11.3 Å². The highest BCUT2D eigenvalue weighted by Crippen LogP contribution is 2.15. The Bertz CT molecular complexity index is 270. The summed E-state index contributed by atoms with van der Waals surface area (Å²) in [7, 11) is 0. The molecule has 84 valence electrons. The lowest BCUT2D eigenvalue weighted by atomic mass is 10.1. The molecule has 1 aromatic rings. The Morgan fingerprint density at radius 2 is 2.60 bits per heavy atom. The van der Waals surface area contributed by atoms with Gasteiger partial charge in [0.05, 0.1) is 17.3 Å². The van der Waals surface area contributed by atoms with Gasteiger partial charge >= 0.3 is 0 Å². The summed E-state index contributed by atoms with van der Waals surface area (Å²) in [5.41, 5.74) is 3.01. The van der Waals surface area contributed by atoms with E-state index in [-0.39, 0.29) is 0 Å². The molecule has 2 atom stereocenters. The van der Waals surface area contributed by atoms with Crippen molar-refractivity contribution in [2.75, 3.05) is 13.2 Å². The molecule has 4 heteroatoms. The first-order valence-corrected chi connectivity index (χ1v) is 6.53. The van der Waals surface area contributed by atoms with Gasteiger partial charge in [0.15, 0.2) is 0 Å². The molecule has 2 rings (SSSR count). The first kappa shape index (κ1) is 11.0. The van der Waals surface area contributed by atoms with Crippen molar-refractivity contribution in [2.45, 2.75) is 38.3 Å². The van der Waals surface area contributed by atoms with Crippen molar-refractivity contribution < 1.29 is 4.74 Å². The van der Waals surface area contributed by atoms with Crippen LogP contribution in [0.1, 0.15) is 37.9 Å². The second kappa shape index (κ2) is 5.58. The monoisotopic (exact) mass is 226 g/mol. The van der Waals surface area contributed by atoms with E-state index in [4.69, 9.17) is 4.74 Å². The van der Waals surface area contributed by atoms with Gasteiger partial charge in [-0.3, -0.25) is 0 Å². The molecule has 1 aliphatic heterocycles. The van der Waals surface area contributed by atoms with Gasteiger partial charge in [0.25, 0.3) is 0 Å². The van der Waals surface area contributed by atoms with Gasteiger partial charge in [-0.25, -0.2) is 4.98 Å². The summed E-state index contributed by atoms with van der Waals surface area (Å²) < 4.78 is 5.67. The Hall–Kier alpha value is -0.450. The van der Waals surface area contributed by atoms with E-state index in [9.17, 15) is 0 Å². The van der Waals surface area contributed by atoms with Crippen molar-refractivity contribution in [1.82, 2.24) is 10.3 Å². The van der Waals surface area contributed by atoms with Crippen LogP contribution in [0.4, 0.5) is 0 Å². The van der Waals surface area contributed by atoms with Gasteiger partial charge in [0.2, 0.25) is 0 Å². The third kappa shape index (κ3) is 3.26. The van der Waals surface area contributed by atoms with Gasteiger partial charge in [-0.05, 0) is 26.2 Å². The maximum absolute atomic E-state index is 5.67. The molecular formula is C11H18N2OS. The van der Waals surface area contributed by atoms with E-state index in [0.29, 0.717) is 12.1 Å². The van der Waals surface area contributed by atoms with Crippen molar-refractivity contribution >= 4 is 11.3 Å². The molecule has 2 unspecified atom stereocenters. The number of thiazole rings is 1. The zero-order valence-electron chi connectivity index (χ0n) is 9.11. The highest BCUT2D eigenvalue weighted by Gasteiger charge is 2.15. The Labute approximate surface area is 94.9 Å². The van der Waals surface area contributed by atoms with Crippen molar-refractivity contribution in [3.63, 3.8) is 0 Å². The third-order valence-corrected chi connectivity index (χ3v) is 3.43. The summed E-state index contributed by atoms with van der Waals surface area (Å²) in [5, 5.41) is 5.57. The van der Waals surface area contributed by atoms with E-state index in [1.54, 1.807) is 11.3 Å². The number of hydrogen-bond donors (Lipinski definition) is 1. The minimum absolute atomic E-state index is 0.335. The molecule has 0 amide bonds. The van der Waals surface area contributed by atoms with Crippen LogP contribution in [0.2, 0.25) is 0 Å². The largest absolute Gasteiger partial charge is 0.377 e. The molecule has 1 saturated heterocycles. The number of ether oxygens (including phenoxy) is 1. The van der Waals surface area contributed by atoms with Gasteiger partial charge in [0.1, 0.15) is 0 Å². The minimum Gasteiger partial charge on any atom is -0.377 e. The van der Waals surface area contributed by atoms with E-state index in [0.717, 1.165) is 18.8 Å². The zero-order chi connectivity index (χ0) is 10.5. The van der Waals surface area contributed by atoms with Crippen LogP contribution in [0.3, 0.4) is 0 Å². The fourth-order valence-corrected chi connectivity index (χ4v) is 2.46. The van der Waals surface area contributed by atoms with Crippen molar-refractivity contribution in [3.8, 4) is 0 Å². The Morgan fingerprint density at radius 3 is 3.27 bits per heavy atom. The molecule has 1 aromatic heterocycles. The van der Waals surface area contributed by atoms with Crippen LogP contribution in [-0.4, -0.2) is 24.2 Å². The average molecular weight is 226 g/mol. The third-order valence-electron chi connectivity index (χ3n) is 2.82. The molecule has 0 radical (unpaired) electrons. The maximum atomic E-state index is 5.67. The lowest BCUT2D eigenvalue weighted by Crippen LogP contribution is -2.33. The van der Waals surface area contributed by atoms with E-state index in [1.165, 1.54) is 19.3 Å². The first-order valence-electron chi connectivity index (χ1n) is 5.59. The highest BCUT2D eigenvalue weighted by atomic mass is 32.1. The van der Waals surface area contributed by atoms with Crippen molar-refractivity contribution in [3.05, 3.63) is 16.6 Å². The lowest BCUT2D eigenvalue weighted by Gasteiger charge is -2.24. The van der Waals surface area contributed by atoms with Crippen molar-refractivity contribution in [1.29, 1.82) is 0 Å². The molecule has 1 N–H and O–H groups in total. The predicted octanol–water partition coefficient (Wildman–Crippen LogP) is 2.36. The summed E-state index contributed by atoms with van der Waals surface area (Å²) >= 11 is 1.65. The van der Waals surface area contributed by atoms with Crippen molar-refractivity contribution in [2.24, 2.45) is 0 Å². The van der Waals surface area contributed by atoms with Gasteiger partial charge in [-0.2, -0.15) is 0 Å². The Morgan fingerprint density at radius 1 is 1.67 bits per heavy atom. The highest BCUT2D eigenvalue weighted by molar-refractivity contribution is 7.07. The molecule has 0 aliphatic carbocycles. The average Bonchev–Trinajstić information content (AvgIpc) is 2.81. The second-order valence-corrected chi connectivity index (χ2v) is 4.75. The molecule has 0 aromatic carbocycles. The standard InChI is InChI=1S/C11H18N2OS/c1-9(11-7-15-8-13-11)12-6-10-4-2-3-5-14-10/h7-10,12H,2-6H2,1H3. The molecule has 15 heavy (non-hydrogen) atoms. The quantitative estimate of drug-likeness (QED) is 0.856. The molecule has 0 spiro atoms. The summed E-state index contributed by atoms with van der Waals surface area (Å²) in [6, 6.07) is 0.335. The van der Waals surface area contributed by atoms with Crippen LogP contribution in [0.15, 0.2) is 10.9 Å². The second-order valence-electron chi connectivity index (χ2n) is 4.03. The minimum atomic E-state index is 0.335. The molecule has 3 nitrogen and oxygen atoms in total. The SMILES string of the molecule is CC(NCC1CCCCO1)c1cscn1. The molecule has 0 bridgehead atoms. The molecule has 1 fully saturated rings. The van der Waals surface area contributed by atoms with E-state index >= 15 is 0 Å². The smallest absolute Gasteiger partial charge is 0.0795 e. The van der Waals surface area contributed by atoms with Gasteiger partial charge in [-0.15, -0.1) is 11.3 Å². The molecule has 0 saturated carbocycles. The Kier molecular flexibility index (Phi) is 4.11. The van der Waals surface area contributed by atoms with Gasteiger partial charge in [-0.1, -0.05) is 0 Å². The van der Waals surface area contributed by atoms with Crippen LogP contribution in [0, 0.1) is 0 Å². The Balaban J connectivity index is 1.73. The zero-order valence-corrected chi connectivity index (χ0v) is 9.93. The molecule has 1 aliphatic rings. The van der Waals surface area contributed by atoms with Gasteiger partial charge < -0.3 is 10.1 Å². The van der Waals surface area contributed by atoms with E-state index < -0.39 is 0 Å².